The second-order valence-electron chi connectivity index (χ2n) is 5.86. The first-order valence-electron chi connectivity index (χ1n) is 7.32. The van der Waals surface area contributed by atoms with E-state index in [1.807, 2.05) is 13.8 Å². The highest BCUT2D eigenvalue weighted by molar-refractivity contribution is 7.95. The van der Waals surface area contributed by atoms with Gasteiger partial charge in [0.05, 0.1) is 4.90 Å². The molecule has 0 aliphatic heterocycles. The summed E-state index contributed by atoms with van der Waals surface area (Å²) in [7, 11) is -7.99. The quantitative estimate of drug-likeness (QED) is 0.541. The minimum atomic E-state index is -4.00. The third kappa shape index (κ3) is 4.61. The molecule has 0 fully saturated rings. The first-order chi connectivity index (χ1) is 11.9. The normalized spacial score (nSPS) is 12.3. The molecule has 3 N–H and O–H groups in total. The zero-order valence-electron chi connectivity index (χ0n) is 13.9. The van der Waals surface area contributed by atoms with Crippen molar-refractivity contribution in [3.05, 3.63) is 35.9 Å². The van der Waals surface area contributed by atoms with Crippen LogP contribution < -0.4 is 9.88 Å². The fraction of sp³-hybridized carbons (Fsp3) is 0.267. The molecule has 0 amide bonds. The van der Waals surface area contributed by atoms with E-state index in [2.05, 4.69) is 0 Å². The highest BCUT2D eigenvalue weighted by Crippen LogP contribution is 2.32. The Morgan fingerprint density at radius 3 is 2.27 bits per heavy atom. The third-order valence-electron chi connectivity index (χ3n) is 3.27. The molecule has 0 saturated carbocycles. The van der Waals surface area contributed by atoms with E-state index in [1.165, 1.54) is 24.3 Å². The molecule has 1 aromatic heterocycles. The van der Waals surface area contributed by atoms with Gasteiger partial charge in [-0.3, -0.25) is 0 Å². The molecule has 142 valence electrons. The lowest BCUT2D eigenvalue weighted by Gasteiger charge is -2.12. The van der Waals surface area contributed by atoms with Crippen molar-refractivity contribution in [2.45, 2.75) is 33.6 Å². The van der Waals surface area contributed by atoms with Gasteiger partial charge in [0.25, 0.3) is 0 Å². The number of hydrogen-bond acceptors (Lipinski definition) is 7. The summed E-state index contributed by atoms with van der Waals surface area (Å²) in [5, 5.41) is 13.8. The minimum absolute atomic E-state index is 0.0570. The summed E-state index contributed by atoms with van der Waals surface area (Å²) in [4.78, 5) is 10.7. The third-order valence-corrected chi connectivity index (χ3v) is 8.04. The van der Waals surface area contributed by atoms with Crippen molar-refractivity contribution in [2.24, 2.45) is 11.1 Å². The van der Waals surface area contributed by atoms with Gasteiger partial charge >= 0.3 is 6.16 Å². The lowest BCUT2D eigenvalue weighted by atomic mass is 10.0. The Kier molecular flexibility index (Phi) is 5.76. The molecule has 0 aliphatic rings. The summed E-state index contributed by atoms with van der Waals surface area (Å²) < 4.78 is 52.5. The number of hydrogen-bond donors (Lipinski definition) is 2. The fourth-order valence-electron chi connectivity index (χ4n) is 2.23. The Hall–Kier alpha value is -1.95. The summed E-state index contributed by atoms with van der Waals surface area (Å²) >= 11 is 0.550. The summed E-state index contributed by atoms with van der Waals surface area (Å²) in [6.45, 7) is 3.78. The van der Waals surface area contributed by atoms with Crippen molar-refractivity contribution in [3.8, 4) is 5.75 Å². The molecule has 26 heavy (non-hydrogen) atoms. The van der Waals surface area contributed by atoms with Crippen LogP contribution in [0.4, 0.5) is 4.79 Å². The van der Waals surface area contributed by atoms with E-state index in [-0.39, 0.29) is 25.0 Å². The Bertz CT molecular complexity index is 1040. The molecule has 2 rings (SSSR count). The second-order valence-corrected chi connectivity index (χ2v) is 10.9. The SMILES string of the molecule is CC(C)Cc1cc(S(=O)(=O)c2ccc(S(N)(=O)=O)s2)ccc1OC(=O)O. The van der Waals surface area contributed by atoms with Crippen molar-refractivity contribution >= 4 is 37.4 Å². The number of thiophene rings is 1. The van der Waals surface area contributed by atoms with E-state index in [1.54, 1.807) is 0 Å². The van der Waals surface area contributed by atoms with Gasteiger partial charge in [-0.25, -0.2) is 26.8 Å². The molecule has 0 unspecified atom stereocenters. The number of carboxylic acid groups (broad SMARTS) is 1. The van der Waals surface area contributed by atoms with Gasteiger partial charge in [0.2, 0.25) is 19.9 Å². The number of benzene rings is 1. The summed E-state index contributed by atoms with van der Waals surface area (Å²) in [5.74, 6) is 0.182. The molecule has 0 radical (unpaired) electrons. The molecule has 2 aromatic rings. The van der Waals surface area contributed by atoms with Crippen molar-refractivity contribution in [1.29, 1.82) is 0 Å². The van der Waals surface area contributed by atoms with Crippen LogP contribution in [0.25, 0.3) is 0 Å². The largest absolute Gasteiger partial charge is 0.511 e. The molecular weight excluding hydrogens is 402 g/mol. The molecule has 0 aliphatic carbocycles. The maximum absolute atomic E-state index is 12.8. The number of rotatable bonds is 6. The molecule has 1 aromatic carbocycles. The number of primary sulfonamides is 1. The summed E-state index contributed by atoms with van der Waals surface area (Å²) in [6, 6.07) is 6.12. The van der Waals surface area contributed by atoms with E-state index < -0.39 is 26.0 Å². The number of carbonyl (C=O) groups is 1. The van der Waals surface area contributed by atoms with Gasteiger partial charge in [0, 0.05) is 0 Å². The van der Waals surface area contributed by atoms with Crippen LogP contribution in [0.3, 0.4) is 0 Å². The number of sulfonamides is 1. The lowest BCUT2D eigenvalue weighted by molar-refractivity contribution is 0.144. The van der Waals surface area contributed by atoms with E-state index in [4.69, 9.17) is 15.0 Å². The molecule has 11 heteroatoms. The molecule has 0 saturated heterocycles. The molecule has 8 nitrogen and oxygen atoms in total. The van der Waals surface area contributed by atoms with Crippen LogP contribution in [0.2, 0.25) is 0 Å². The number of nitrogens with two attached hydrogens (primary N) is 1. The monoisotopic (exact) mass is 419 g/mol. The van der Waals surface area contributed by atoms with Crippen LogP contribution in [0.15, 0.2) is 43.6 Å². The van der Waals surface area contributed by atoms with Crippen LogP contribution in [0, 0.1) is 5.92 Å². The average Bonchev–Trinajstić information content (AvgIpc) is 2.98. The molecule has 0 spiro atoms. The average molecular weight is 420 g/mol. The van der Waals surface area contributed by atoms with E-state index >= 15 is 0 Å². The smallest absolute Gasteiger partial charge is 0.449 e. The van der Waals surface area contributed by atoms with Crippen molar-refractivity contribution < 1.29 is 31.5 Å². The van der Waals surface area contributed by atoms with Crippen LogP contribution in [0.5, 0.6) is 5.75 Å². The van der Waals surface area contributed by atoms with Crippen molar-refractivity contribution in [1.82, 2.24) is 0 Å². The van der Waals surface area contributed by atoms with E-state index in [0.29, 0.717) is 23.3 Å². The van der Waals surface area contributed by atoms with Gasteiger partial charge in [-0.1, -0.05) is 13.8 Å². The van der Waals surface area contributed by atoms with Gasteiger partial charge in [-0.2, -0.15) is 0 Å². The predicted molar refractivity (Wildman–Crippen MR) is 94.8 cm³/mol. The van der Waals surface area contributed by atoms with Gasteiger partial charge in [-0.15, -0.1) is 11.3 Å². The predicted octanol–water partition coefficient (Wildman–Crippen LogP) is 2.48. The standard InChI is InChI=1S/C15H17NO7S3/c1-9(2)7-10-8-11(3-4-12(10)23-15(17)18)25(19,20)13-5-6-14(24-13)26(16,21)22/h3-6,8-9H,7H2,1-2H3,(H,17,18)(H2,16,21,22). The van der Waals surface area contributed by atoms with Crippen LogP contribution in [0.1, 0.15) is 19.4 Å². The highest BCUT2D eigenvalue weighted by atomic mass is 32.3. The Morgan fingerprint density at radius 2 is 1.77 bits per heavy atom. The van der Waals surface area contributed by atoms with Crippen LogP contribution >= 0.6 is 11.3 Å². The van der Waals surface area contributed by atoms with Crippen molar-refractivity contribution in [3.63, 3.8) is 0 Å². The molecular formula is C15H17NO7S3. The maximum atomic E-state index is 12.8. The zero-order valence-corrected chi connectivity index (χ0v) is 16.3. The molecule has 0 atom stereocenters. The van der Waals surface area contributed by atoms with Crippen LogP contribution in [-0.4, -0.2) is 28.1 Å². The zero-order chi connectivity index (χ0) is 19.7. The number of ether oxygens (including phenoxy) is 1. The Balaban J connectivity index is 2.52. The van der Waals surface area contributed by atoms with E-state index in [9.17, 15) is 21.6 Å². The van der Waals surface area contributed by atoms with Gasteiger partial charge < -0.3 is 9.84 Å². The van der Waals surface area contributed by atoms with Gasteiger partial charge in [0.15, 0.2) is 0 Å². The number of sulfone groups is 1. The molecule has 1 heterocycles. The lowest BCUT2D eigenvalue weighted by Crippen LogP contribution is -2.10. The van der Waals surface area contributed by atoms with Gasteiger partial charge in [0.1, 0.15) is 14.2 Å². The second kappa shape index (κ2) is 7.35. The summed E-state index contributed by atoms with van der Waals surface area (Å²) in [6.07, 6.45) is -1.10. The summed E-state index contributed by atoms with van der Waals surface area (Å²) in [5.41, 5.74) is 0.423. The van der Waals surface area contributed by atoms with Crippen molar-refractivity contribution in [2.75, 3.05) is 0 Å². The fourth-order valence-corrected chi connectivity index (χ4v) is 5.87. The molecule has 0 bridgehead atoms. The Morgan fingerprint density at radius 1 is 1.15 bits per heavy atom. The highest BCUT2D eigenvalue weighted by Gasteiger charge is 2.24. The minimum Gasteiger partial charge on any atom is -0.449 e. The van der Waals surface area contributed by atoms with Crippen LogP contribution in [-0.2, 0) is 26.3 Å². The topological polar surface area (TPSA) is 141 Å². The first kappa shape index (κ1) is 20.4. The van der Waals surface area contributed by atoms with E-state index in [0.717, 1.165) is 6.07 Å². The first-order valence-corrected chi connectivity index (χ1v) is 11.2. The maximum Gasteiger partial charge on any atom is 0.511 e. The van der Waals surface area contributed by atoms with Gasteiger partial charge in [-0.05, 0) is 48.2 Å². The Labute approximate surface area is 155 Å².